The number of ether oxygens (including phenoxy) is 1. The van der Waals surface area contributed by atoms with E-state index in [0.717, 1.165) is 12.0 Å². The molecule has 0 bridgehead atoms. The molecule has 128 valence electrons. The summed E-state index contributed by atoms with van der Waals surface area (Å²) in [7, 11) is 0. The highest BCUT2D eigenvalue weighted by atomic mass is 35.5. The number of hydrogen-bond acceptors (Lipinski definition) is 3. The summed E-state index contributed by atoms with van der Waals surface area (Å²) < 4.78 is 5.39. The summed E-state index contributed by atoms with van der Waals surface area (Å²) in [5.41, 5.74) is 2.35. The minimum atomic E-state index is -0.215. The largest absolute Gasteiger partial charge is 0.484 e. The molecule has 2 aromatic rings. The highest BCUT2D eigenvalue weighted by Gasteiger charge is 2.11. The van der Waals surface area contributed by atoms with Gasteiger partial charge >= 0.3 is 0 Å². The number of benzene rings is 2. The number of aryl methyl sites for hydroxylation is 1. The molecule has 2 aromatic carbocycles. The third-order valence-corrected chi connectivity index (χ3v) is 3.93. The van der Waals surface area contributed by atoms with Crippen LogP contribution in [-0.2, 0) is 11.2 Å². The molecule has 0 saturated carbocycles. The van der Waals surface area contributed by atoms with E-state index < -0.39 is 0 Å². The van der Waals surface area contributed by atoms with Crippen LogP contribution in [0.5, 0.6) is 5.75 Å². The second kappa shape index (κ2) is 9.30. The van der Waals surface area contributed by atoms with Gasteiger partial charge in [0.25, 0.3) is 5.91 Å². The molecule has 0 aliphatic heterocycles. The van der Waals surface area contributed by atoms with Crippen molar-refractivity contribution in [1.82, 2.24) is 5.32 Å². The minimum Gasteiger partial charge on any atom is -0.484 e. The van der Waals surface area contributed by atoms with E-state index >= 15 is 0 Å². The number of hydrogen-bond donors (Lipinski definition) is 2. The summed E-state index contributed by atoms with van der Waals surface area (Å²) in [6, 6.07) is 15.0. The van der Waals surface area contributed by atoms with Gasteiger partial charge in [-0.2, -0.15) is 0 Å². The number of halogens is 1. The molecule has 0 aromatic heterocycles. The van der Waals surface area contributed by atoms with E-state index in [1.165, 1.54) is 5.56 Å². The first-order chi connectivity index (χ1) is 11.6. The molecule has 1 amide bonds. The second-order valence-electron chi connectivity index (χ2n) is 5.78. The molecule has 2 rings (SSSR count). The zero-order valence-corrected chi connectivity index (χ0v) is 14.4. The van der Waals surface area contributed by atoms with Gasteiger partial charge in [-0.25, -0.2) is 0 Å². The monoisotopic (exact) mass is 347 g/mol. The molecule has 0 fully saturated rings. The Labute approximate surface area is 147 Å². The fourth-order valence-electron chi connectivity index (χ4n) is 2.25. The van der Waals surface area contributed by atoms with E-state index in [1.54, 1.807) is 24.3 Å². The van der Waals surface area contributed by atoms with Gasteiger partial charge in [0.05, 0.1) is 0 Å². The van der Waals surface area contributed by atoms with Crippen molar-refractivity contribution in [3.63, 3.8) is 0 Å². The van der Waals surface area contributed by atoms with Crippen molar-refractivity contribution >= 4 is 17.5 Å². The first kappa shape index (κ1) is 18.3. The molecule has 4 nitrogen and oxygen atoms in total. The molecular formula is C19H22ClNO3. The lowest BCUT2D eigenvalue weighted by atomic mass is 9.99. The molecule has 0 aliphatic rings. The van der Waals surface area contributed by atoms with E-state index in [9.17, 15) is 9.90 Å². The van der Waals surface area contributed by atoms with Crippen LogP contribution in [0.15, 0.2) is 48.5 Å². The van der Waals surface area contributed by atoms with Gasteiger partial charge in [0, 0.05) is 24.1 Å². The topological polar surface area (TPSA) is 58.6 Å². The van der Waals surface area contributed by atoms with Crippen molar-refractivity contribution < 1.29 is 14.6 Å². The molecule has 0 radical (unpaired) electrons. The predicted octanol–water partition coefficient (Wildman–Crippen LogP) is 2.99. The SMILES string of the molecule is Cc1ccc(C[C@H](CO)CNC(=O)COc2ccc(Cl)cc2)cc1. The summed E-state index contributed by atoms with van der Waals surface area (Å²) in [4.78, 5) is 11.9. The molecule has 2 N–H and O–H groups in total. The number of aliphatic hydroxyl groups is 1. The van der Waals surface area contributed by atoms with Crippen molar-refractivity contribution in [1.29, 1.82) is 0 Å². The second-order valence-corrected chi connectivity index (χ2v) is 6.22. The summed E-state index contributed by atoms with van der Waals surface area (Å²) in [6.07, 6.45) is 0.717. The maximum Gasteiger partial charge on any atom is 0.257 e. The summed E-state index contributed by atoms with van der Waals surface area (Å²) in [5, 5.41) is 12.9. The van der Waals surface area contributed by atoms with Gasteiger partial charge in [-0.05, 0) is 43.2 Å². The predicted molar refractivity (Wildman–Crippen MR) is 95.4 cm³/mol. The Kier molecular flexibility index (Phi) is 7.09. The third kappa shape index (κ3) is 6.22. The van der Waals surface area contributed by atoms with Crippen LogP contribution < -0.4 is 10.1 Å². The molecule has 0 saturated heterocycles. The number of amides is 1. The number of carbonyl (C=O) groups is 1. The number of aliphatic hydroxyl groups excluding tert-OH is 1. The molecule has 0 aliphatic carbocycles. The van der Waals surface area contributed by atoms with Crippen LogP contribution in [0.1, 0.15) is 11.1 Å². The highest BCUT2D eigenvalue weighted by Crippen LogP contribution is 2.15. The average Bonchev–Trinajstić information content (AvgIpc) is 2.59. The Hall–Kier alpha value is -2.04. The van der Waals surface area contributed by atoms with Gasteiger partial charge in [0.15, 0.2) is 6.61 Å². The molecular weight excluding hydrogens is 326 g/mol. The van der Waals surface area contributed by atoms with Crippen LogP contribution in [0.4, 0.5) is 0 Å². The molecule has 1 atom stereocenters. The fourth-order valence-corrected chi connectivity index (χ4v) is 2.37. The van der Waals surface area contributed by atoms with Crippen LogP contribution in [-0.4, -0.2) is 30.8 Å². The quantitative estimate of drug-likeness (QED) is 0.771. The van der Waals surface area contributed by atoms with Crippen molar-refractivity contribution in [2.45, 2.75) is 13.3 Å². The van der Waals surface area contributed by atoms with Crippen LogP contribution in [0, 0.1) is 12.8 Å². The Morgan fingerprint density at radius 1 is 1.17 bits per heavy atom. The van der Waals surface area contributed by atoms with E-state index in [2.05, 4.69) is 5.32 Å². The van der Waals surface area contributed by atoms with Gasteiger partial charge in [-0.1, -0.05) is 41.4 Å². The highest BCUT2D eigenvalue weighted by molar-refractivity contribution is 6.30. The minimum absolute atomic E-state index is 0.0200. The Bertz CT molecular complexity index is 641. The van der Waals surface area contributed by atoms with E-state index in [0.29, 0.717) is 17.3 Å². The van der Waals surface area contributed by atoms with Crippen molar-refractivity contribution in [3.05, 3.63) is 64.7 Å². The zero-order valence-electron chi connectivity index (χ0n) is 13.7. The number of rotatable bonds is 8. The Balaban J connectivity index is 1.74. The third-order valence-electron chi connectivity index (χ3n) is 3.67. The van der Waals surface area contributed by atoms with Crippen molar-refractivity contribution in [2.75, 3.05) is 19.8 Å². The van der Waals surface area contributed by atoms with Crippen LogP contribution in [0.25, 0.3) is 0 Å². The van der Waals surface area contributed by atoms with Crippen LogP contribution >= 0.6 is 11.6 Å². The maximum atomic E-state index is 11.9. The summed E-state index contributed by atoms with van der Waals surface area (Å²) in [6.45, 7) is 2.40. The van der Waals surface area contributed by atoms with Crippen LogP contribution in [0.3, 0.4) is 0 Å². The molecule has 0 unspecified atom stereocenters. The van der Waals surface area contributed by atoms with E-state index in [1.807, 2.05) is 31.2 Å². The Morgan fingerprint density at radius 3 is 2.46 bits per heavy atom. The van der Waals surface area contributed by atoms with Gasteiger partial charge in [0.1, 0.15) is 5.75 Å². The Morgan fingerprint density at radius 2 is 1.83 bits per heavy atom. The molecule has 24 heavy (non-hydrogen) atoms. The standard InChI is InChI=1S/C19H22ClNO3/c1-14-2-4-15(5-3-14)10-16(12-22)11-21-19(23)13-24-18-8-6-17(20)7-9-18/h2-9,16,22H,10-13H2,1H3,(H,21,23)/t16-/m0/s1. The van der Waals surface area contributed by atoms with Crippen LogP contribution in [0.2, 0.25) is 5.02 Å². The number of nitrogens with one attached hydrogen (secondary N) is 1. The van der Waals surface area contributed by atoms with Gasteiger partial charge in [-0.15, -0.1) is 0 Å². The molecule has 0 heterocycles. The molecule has 0 spiro atoms. The lowest BCUT2D eigenvalue weighted by molar-refractivity contribution is -0.123. The maximum absolute atomic E-state index is 11.9. The summed E-state index contributed by atoms with van der Waals surface area (Å²) in [5.74, 6) is 0.354. The van der Waals surface area contributed by atoms with Crippen molar-refractivity contribution in [3.8, 4) is 5.75 Å². The van der Waals surface area contributed by atoms with Crippen molar-refractivity contribution in [2.24, 2.45) is 5.92 Å². The fraction of sp³-hybridized carbons (Fsp3) is 0.316. The average molecular weight is 348 g/mol. The normalized spacial score (nSPS) is 11.8. The lowest BCUT2D eigenvalue weighted by Gasteiger charge is -2.15. The lowest BCUT2D eigenvalue weighted by Crippen LogP contribution is -2.35. The van der Waals surface area contributed by atoms with Gasteiger partial charge < -0.3 is 15.2 Å². The van der Waals surface area contributed by atoms with E-state index in [4.69, 9.17) is 16.3 Å². The van der Waals surface area contributed by atoms with E-state index in [-0.39, 0.29) is 25.0 Å². The van der Waals surface area contributed by atoms with Gasteiger partial charge in [-0.3, -0.25) is 4.79 Å². The first-order valence-corrected chi connectivity index (χ1v) is 8.26. The molecule has 5 heteroatoms. The first-order valence-electron chi connectivity index (χ1n) is 7.88. The van der Waals surface area contributed by atoms with Gasteiger partial charge in [0.2, 0.25) is 0 Å². The zero-order chi connectivity index (χ0) is 17.4. The summed E-state index contributed by atoms with van der Waals surface area (Å²) >= 11 is 5.79. The smallest absolute Gasteiger partial charge is 0.257 e. The number of carbonyl (C=O) groups excluding carboxylic acids is 1.